The highest BCUT2D eigenvalue weighted by molar-refractivity contribution is 6.33. The number of carboxylic acids is 1. The van der Waals surface area contributed by atoms with Crippen molar-refractivity contribution >= 4 is 47.0 Å². The molecule has 0 fully saturated rings. The molecule has 1 aromatic carbocycles. The van der Waals surface area contributed by atoms with Gasteiger partial charge in [0, 0.05) is 17.8 Å². The lowest BCUT2D eigenvalue weighted by atomic mass is 10.2. The molecule has 2 amide bonds. The third-order valence-corrected chi connectivity index (χ3v) is 4.53. The van der Waals surface area contributed by atoms with Crippen molar-refractivity contribution in [2.45, 2.75) is 25.4 Å². The highest BCUT2D eigenvalue weighted by Crippen LogP contribution is 2.20. The van der Waals surface area contributed by atoms with Gasteiger partial charge >= 0.3 is 5.97 Å². The van der Waals surface area contributed by atoms with E-state index in [4.69, 9.17) is 22.4 Å². The van der Waals surface area contributed by atoms with Gasteiger partial charge < -0.3 is 26.3 Å². The van der Waals surface area contributed by atoms with E-state index in [2.05, 4.69) is 10.6 Å². The first-order valence-electron chi connectivity index (χ1n) is 8.79. The number of carboxylic acid groups (broad SMARTS) is 1. The summed E-state index contributed by atoms with van der Waals surface area (Å²) < 4.78 is 14.8. The van der Waals surface area contributed by atoms with Crippen molar-refractivity contribution in [2.75, 3.05) is 11.1 Å². The van der Waals surface area contributed by atoms with Gasteiger partial charge in [-0.05, 0) is 25.1 Å². The maximum Gasteiger partial charge on any atom is 0.305 e. The quantitative estimate of drug-likeness (QED) is 0.345. The summed E-state index contributed by atoms with van der Waals surface area (Å²) in [6.07, 6.45) is 0.317. The van der Waals surface area contributed by atoms with Gasteiger partial charge in [-0.25, -0.2) is 4.39 Å². The van der Waals surface area contributed by atoms with E-state index in [1.807, 2.05) is 0 Å². The second-order valence-electron chi connectivity index (χ2n) is 6.50. The molecule has 10 nitrogen and oxygen atoms in total. The fourth-order valence-corrected chi connectivity index (χ4v) is 2.74. The van der Waals surface area contributed by atoms with Crippen LogP contribution in [-0.2, 0) is 14.4 Å². The first-order valence-corrected chi connectivity index (χ1v) is 9.16. The summed E-state index contributed by atoms with van der Waals surface area (Å²) in [5.74, 6) is -3.91. The van der Waals surface area contributed by atoms with Crippen molar-refractivity contribution in [3.05, 3.63) is 57.2 Å². The Morgan fingerprint density at radius 2 is 2.00 bits per heavy atom. The number of hydrogen-bond donors (Lipinski definition) is 4. The molecular formula is C19H18ClFN4O6. The van der Waals surface area contributed by atoms with Crippen LogP contribution in [0.15, 0.2) is 35.3 Å². The molecule has 5 N–H and O–H groups in total. The van der Waals surface area contributed by atoms with Gasteiger partial charge in [-0.2, -0.15) is 0 Å². The number of aliphatic carboxylic acids is 1. The number of aldehydes is 1. The first kappa shape index (κ1) is 23.5. The molecule has 0 aliphatic carbocycles. The third-order valence-electron chi connectivity index (χ3n) is 4.20. The summed E-state index contributed by atoms with van der Waals surface area (Å²) in [6.45, 7) is 1.24. The number of nitrogen functional groups attached to an aromatic ring is 1. The zero-order valence-electron chi connectivity index (χ0n) is 16.1. The van der Waals surface area contributed by atoms with Crippen LogP contribution in [0.5, 0.6) is 0 Å². The zero-order chi connectivity index (χ0) is 23.3. The minimum Gasteiger partial charge on any atom is -0.481 e. The van der Waals surface area contributed by atoms with E-state index < -0.39 is 53.4 Å². The van der Waals surface area contributed by atoms with Crippen molar-refractivity contribution in [2.24, 2.45) is 0 Å². The first-order chi connectivity index (χ1) is 14.5. The highest BCUT2D eigenvalue weighted by Gasteiger charge is 2.23. The maximum atomic E-state index is 14.1. The Kier molecular flexibility index (Phi) is 7.48. The largest absolute Gasteiger partial charge is 0.481 e. The van der Waals surface area contributed by atoms with E-state index in [1.165, 1.54) is 25.1 Å². The molecule has 0 bridgehead atoms. The molecule has 0 unspecified atom stereocenters. The van der Waals surface area contributed by atoms with Gasteiger partial charge in [0.1, 0.15) is 23.8 Å². The van der Waals surface area contributed by atoms with Crippen LogP contribution in [0.3, 0.4) is 0 Å². The number of carbonyl (C=O) groups is 4. The van der Waals surface area contributed by atoms with Gasteiger partial charge in [0.2, 0.25) is 5.91 Å². The topological polar surface area (TPSA) is 161 Å². The van der Waals surface area contributed by atoms with E-state index in [-0.39, 0.29) is 22.6 Å². The Balaban J connectivity index is 2.28. The molecule has 0 aliphatic rings. The van der Waals surface area contributed by atoms with E-state index in [1.54, 1.807) is 0 Å². The van der Waals surface area contributed by atoms with Gasteiger partial charge in [0.25, 0.3) is 11.5 Å². The number of aromatic nitrogens is 1. The smallest absolute Gasteiger partial charge is 0.305 e. The van der Waals surface area contributed by atoms with Crippen molar-refractivity contribution in [3.8, 4) is 0 Å². The zero-order valence-corrected chi connectivity index (χ0v) is 16.9. The lowest BCUT2D eigenvalue weighted by Crippen LogP contribution is -2.43. The molecule has 0 spiro atoms. The SMILES string of the molecule is C[C@@H](C(=O)N[C@H](C=O)CC(=O)O)n1cc(F)cc(NC(=O)c2ccc(N)c(Cl)c2)c1=O. The molecule has 2 aromatic rings. The molecule has 164 valence electrons. The predicted molar refractivity (Wildman–Crippen MR) is 109 cm³/mol. The number of rotatable bonds is 8. The monoisotopic (exact) mass is 452 g/mol. The highest BCUT2D eigenvalue weighted by atomic mass is 35.5. The number of nitrogens with two attached hydrogens (primary N) is 1. The van der Waals surface area contributed by atoms with Gasteiger partial charge in [-0.3, -0.25) is 23.7 Å². The molecule has 0 radical (unpaired) electrons. The van der Waals surface area contributed by atoms with Crippen LogP contribution in [0.1, 0.15) is 29.7 Å². The lowest BCUT2D eigenvalue weighted by Gasteiger charge is -2.18. The second kappa shape index (κ2) is 9.85. The molecule has 0 saturated heterocycles. The molecule has 1 aromatic heterocycles. The Bertz CT molecular complexity index is 1100. The van der Waals surface area contributed by atoms with Crippen LogP contribution in [0.4, 0.5) is 15.8 Å². The number of halogens is 2. The molecule has 2 rings (SSSR count). The number of nitrogens with zero attached hydrogens (tertiary/aromatic N) is 1. The summed E-state index contributed by atoms with van der Waals surface area (Å²) in [6, 6.07) is 2.13. The Labute approximate surface area is 179 Å². The molecule has 12 heteroatoms. The van der Waals surface area contributed by atoms with Crippen LogP contribution in [0, 0.1) is 5.82 Å². The minimum atomic E-state index is -1.33. The number of benzene rings is 1. The number of carbonyl (C=O) groups excluding carboxylic acids is 3. The van der Waals surface area contributed by atoms with Gasteiger partial charge in [0.15, 0.2) is 0 Å². The summed E-state index contributed by atoms with van der Waals surface area (Å²) in [5, 5.41) is 13.3. The summed E-state index contributed by atoms with van der Waals surface area (Å²) in [7, 11) is 0. The van der Waals surface area contributed by atoms with Crippen molar-refractivity contribution < 1.29 is 28.7 Å². The van der Waals surface area contributed by atoms with Crippen LogP contribution >= 0.6 is 11.6 Å². The predicted octanol–water partition coefficient (Wildman–Crippen LogP) is 1.19. The Hall–Kier alpha value is -3.73. The van der Waals surface area contributed by atoms with Crippen molar-refractivity contribution in [1.29, 1.82) is 0 Å². The number of pyridine rings is 1. The molecule has 31 heavy (non-hydrogen) atoms. The van der Waals surface area contributed by atoms with Crippen LogP contribution in [0.2, 0.25) is 5.02 Å². The van der Waals surface area contributed by atoms with E-state index >= 15 is 0 Å². The van der Waals surface area contributed by atoms with E-state index in [9.17, 15) is 28.4 Å². The standard InChI is InChI=1S/C19H18ClFN4O6/c1-9(17(29)23-12(8-26)6-16(27)28)25-7-11(21)5-15(19(25)31)24-18(30)10-2-3-14(22)13(20)4-10/h2-5,7-9,12H,6,22H2,1H3,(H,23,29)(H,24,30)(H,27,28)/t9-,12-/m0/s1. The van der Waals surface area contributed by atoms with Gasteiger partial charge in [-0.1, -0.05) is 11.6 Å². The summed E-state index contributed by atoms with van der Waals surface area (Å²) in [5.41, 5.74) is 4.52. The number of nitrogens with one attached hydrogen (secondary N) is 2. The van der Waals surface area contributed by atoms with Gasteiger partial charge in [-0.15, -0.1) is 0 Å². The number of amides is 2. The number of anilines is 2. The summed E-state index contributed by atoms with van der Waals surface area (Å²) in [4.78, 5) is 59.1. The normalized spacial score (nSPS) is 12.5. The maximum absolute atomic E-state index is 14.1. The summed E-state index contributed by atoms with van der Waals surface area (Å²) >= 11 is 5.87. The van der Waals surface area contributed by atoms with Crippen LogP contribution < -0.4 is 21.9 Å². The number of hydrogen-bond acceptors (Lipinski definition) is 6. The molecule has 1 heterocycles. The van der Waals surface area contributed by atoms with Gasteiger partial charge in [0.05, 0.1) is 23.2 Å². The molecular weight excluding hydrogens is 435 g/mol. The average molecular weight is 453 g/mol. The van der Waals surface area contributed by atoms with Crippen LogP contribution in [0.25, 0.3) is 0 Å². The van der Waals surface area contributed by atoms with Crippen molar-refractivity contribution in [1.82, 2.24) is 9.88 Å². The molecule has 0 aliphatic heterocycles. The van der Waals surface area contributed by atoms with E-state index in [0.29, 0.717) is 4.57 Å². The van der Waals surface area contributed by atoms with E-state index in [0.717, 1.165) is 12.3 Å². The van der Waals surface area contributed by atoms with Crippen LogP contribution in [-0.4, -0.2) is 39.8 Å². The van der Waals surface area contributed by atoms with Crippen molar-refractivity contribution in [3.63, 3.8) is 0 Å². The second-order valence-corrected chi connectivity index (χ2v) is 6.91. The fourth-order valence-electron chi connectivity index (χ4n) is 2.56. The minimum absolute atomic E-state index is 0.0581. The molecule has 0 saturated carbocycles. The Morgan fingerprint density at radius 1 is 1.32 bits per heavy atom. The lowest BCUT2D eigenvalue weighted by molar-refractivity contribution is -0.139. The average Bonchev–Trinajstić information content (AvgIpc) is 2.70. The Morgan fingerprint density at radius 3 is 2.58 bits per heavy atom. The fraction of sp³-hybridized carbons (Fsp3) is 0.211. The molecule has 2 atom stereocenters. The third kappa shape index (κ3) is 5.89.